The van der Waals surface area contributed by atoms with Gasteiger partial charge >= 0.3 is 0 Å². The van der Waals surface area contributed by atoms with Crippen LogP contribution in [0.15, 0.2) is 42.5 Å². The quantitative estimate of drug-likeness (QED) is 0.606. The van der Waals surface area contributed by atoms with Crippen LogP contribution in [0, 0.1) is 5.82 Å². The molecule has 31 heavy (non-hydrogen) atoms. The smallest absolute Gasteiger partial charge is 0.255 e. The predicted octanol–water partition coefficient (Wildman–Crippen LogP) is 3.83. The highest BCUT2D eigenvalue weighted by atomic mass is 35.5. The molecule has 0 bridgehead atoms. The largest absolute Gasteiger partial charge is 0.497 e. The monoisotopic (exact) mass is 446 g/mol. The van der Waals surface area contributed by atoms with E-state index in [1.54, 1.807) is 41.2 Å². The molecular weight excluding hydrogens is 423 g/mol. The summed E-state index contributed by atoms with van der Waals surface area (Å²) < 4.78 is 18.3. The van der Waals surface area contributed by atoms with Crippen LogP contribution < -0.4 is 4.74 Å². The Labute approximate surface area is 185 Å². The van der Waals surface area contributed by atoms with Crippen LogP contribution in [0.2, 0.25) is 5.02 Å². The Balaban J connectivity index is 1.43. The molecule has 6 nitrogen and oxygen atoms in total. The molecule has 1 heterocycles. The fraction of sp³-hybridized carbons (Fsp3) is 0.348. The molecule has 2 aromatic rings. The number of ether oxygens (including phenoxy) is 1. The standard InChI is InChI=1S/C23H24ClFN2O4/c1-31-18-8-5-16(6-9-18)21(28)3-2-4-22(29)26-11-13-27(14-12-26)23(30)19-10-7-17(25)15-20(19)24/h5-10,15H,2-4,11-14H2,1H3. The van der Waals surface area contributed by atoms with Crippen molar-refractivity contribution in [1.29, 1.82) is 0 Å². The summed E-state index contributed by atoms with van der Waals surface area (Å²) in [6, 6.07) is 10.6. The minimum atomic E-state index is -0.498. The van der Waals surface area contributed by atoms with Gasteiger partial charge in [-0.1, -0.05) is 11.6 Å². The second-order valence-electron chi connectivity index (χ2n) is 7.30. The van der Waals surface area contributed by atoms with Crippen LogP contribution in [0.5, 0.6) is 5.75 Å². The lowest BCUT2D eigenvalue weighted by Crippen LogP contribution is -2.50. The Kier molecular flexibility index (Phi) is 7.63. The summed E-state index contributed by atoms with van der Waals surface area (Å²) >= 11 is 5.98. The number of nitrogens with zero attached hydrogens (tertiary/aromatic N) is 2. The Hall–Kier alpha value is -2.93. The molecule has 0 spiro atoms. The maximum atomic E-state index is 13.2. The van der Waals surface area contributed by atoms with Crippen molar-refractivity contribution in [3.63, 3.8) is 0 Å². The fourth-order valence-corrected chi connectivity index (χ4v) is 3.72. The molecule has 2 amide bonds. The lowest BCUT2D eigenvalue weighted by molar-refractivity contribution is -0.132. The highest BCUT2D eigenvalue weighted by Crippen LogP contribution is 2.20. The number of Topliss-reactive ketones (excluding diaryl/α,β-unsaturated/α-hetero) is 1. The van der Waals surface area contributed by atoms with Crippen LogP contribution in [0.4, 0.5) is 4.39 Å². The van der Waals surface area contributed by atoms with Crippen LogP contribution >= 0.6 is 11.6 Å². The zero-order valence-electron chi connectivity index (χ0n) is 17.3. The number of piperazine rings is 1. The SMILES string of the molecule is COc1ccc(C(=O)CCCC(=O)N2CCN(C(=O)c3ccc(F)cc3Cl)CC2)cc1. The van der Waals surface area contributed by atoms with E-state index in [9.17, 15) is 18.8 Å². The molecule has 0 unspecified atom stereocenters. The van der Waals surface area contributed by atoms with Crippen LogP contribution in [0.25, 0.3) is 0 Å². The number of carbonyl (C=O) groups is 3. The predicted molar refractivity (Wildman–Crippen MR) is 115 cm³/mol. The fourth-order valence-electron chi connectivity index (χ4n) is 3.47. The number of rotatable bonds is 7. The van der Waals surface area contributed by atoms with Crippen LogP contribution in [-0.2, 0) is 4.79 Å². The summed E-state index contributed by atoms with van der Waals surface area (Å²) in [7, 11) is 1.57. The second kappa shape index (κ2) is 10.4. The number of amides is 2. The van der Waals surface area contributed by atoms with Crippen LogP contribution in [0.3, 0.4) is 0 Å². The molecule has 0 atom stereocenters. The van der Waals surface area contributed by atoms with Crippen molar-refractivity contribution in [1.82, 2.24) is 9.80 Å². The van der Waals surface area contributed by atoms with E-state index in [4.69, 9.17) is 16.3 Å². The zero-order chi connectivity index (χ0) is 22.4. The van der Waals surface area contributed by atoms with Gasteiger partial charge in [0, 0.05) is 44.6 Å². The van der Waals surface area contributed by atoms with Crippen molar-refractivity contribution in [2.24, 2.45) is 0 Å². The number of methoxy groups -OCH3 is 1. The average molecular weight is 447 g/mol. The van der Waals surface area contributed by atoms with Gasteiger partial charge in [-0.2, -0.15) is 0 Å². The third-order valence-corrected chi connectivity index (χ3v) is 5.60. The molecule has 8 heteroatoms. The maximum Gasteiger partial charge on any atom is 0.255 e. The molecule has 2 aromatic carbocycles. The van der Waals surface area contributed by atoms with Crippen molar-refractivity contribution in [3.8, 4) is 5.75 Å². The van der Waals surface area contributed by atoms with E-state index in [0.717, 1.165) is 6.07 Å². The Morgan fingerprint density at radius 1 is 0.968 bits per heavy atom. The van der Waals surface area contributed by atoms with Gasteiger partial charge in [-0.3, -0.25) is 14.4 Å². The van der Waals surface area contributed by atoms with Crippen molar-refractivity contribution in [2.45, 2.75) is 19.3 Å². The average Bonchev–Trinajstić information content (AvgIpc) is 2.78. The number of carbonyl (C=O) groups excluding carboxylic acids is 3. The molecule has 1 aliphatic rings. The van der Waals surface area contributed by atoms with Crippen molar-refractivity contribution < 1.29 is 23.5 Å². The molecule has 0 aromatic heterocycles. The molecule has 0 N–H and O–H groups in total. The third-order valence-electron chi connectivity index (χ3n) is 5.29. The lowest BCUT2D eigenvalue weighted by Gasteiger charge is -2.35. The first kappa shape index (κ1) is 22.7. The Morgan fingerprint density at radius 3 is 2.23 bits per heavy atom. The van der Waals surface area contributed by atoms with Gasteiger partial charge in [0.25, 0.3) is 5.91 Å². The molecular formula is C23H24ClFN2O4. The summed E-state index contributed by atoms with van der Waals surface area (Å²) in [6.07, 6.45) is 1.03. The van der Waals surface area contributed by atoms with Gasteiger partial charge < -0.3 is 14.5 Å². The van der Waals surface area contributed by atoms with Crippen molar-refractivity contribution >= 4 is 29.2 Å². The van der Waals surface area contributed by atoms with Gasteiger partial charge in [0.05, 0.1) is 17.7 Å². The van der Waals surface area contributed by atoms with E-state index in [1.807, 2.05) is 0 Å². The molecule has 3 rings (SSSR count). The summed E-state index contributed by atoms with van der Waals surface area (Å²) in [5.41, 5.74) is 0.847. The zero-order valence-corrected chi connectivity index (χ0v) is 18.0. The second-order valence-corrected chi connectivity index (χ2v) is 7.71. The summed E-state index contributed by atoms with van der Waals surface area (Å²) in [5, 5.41) is 0.0741. The van der Waals surface area contributed by atoms with E-state index in [-0.39, 0.29) is 34.6 Å². The number of halogens is 2. The van der Waals surface area contributed by atoms with Crippen LogP contribution in [-0.4, -0.2) is 60.7 Å². The van der Waals surface area contributed by atoms with E-state index in [0.29, 0.717) is 50.3 Å². The summed E-state index contributed by atoms with van der Waals surface area (Å²) in [6.45, 7) is 1.58. The van der Waals surface area contributed by atoms with Crippen molar-refractivity contribution in [3.05, 3.63) is 64.4 Å². The number of ketones is 1. The van der Waals surface area contributed by atoms with Gasteiger partial charge in [-0.05, 0) is 48.9 Å². The molecule has 0 saturated carbocycles. The molecule has 0 aliphatic carbocycles. The lowest BCUT2D eigenvalue weighted by atomic mass is 10.0. The van der Waals surface area contributed by atoms with E-state index in [2.05, 4.69) is 0 Å². The highest BCUT2D eigenvalue weighted by molar-refractivity contribution is 6.33. The van der Waals surface area contributed by atoms with Gasteiger partial charge in [0.2, 0.25) is 5.91 Å². The normalized spacial score (nSPS) is 13.8. The summed E-state index contributed by atoms with van der Waals surface area (Å²) in [4.78, 5) is 40.6. The first-order valence-corrected chi connectivity index (χ1v) is 10.5. The molecule has 1 fully saturated rings. The van der Waals surface area contributed by atoms with Crippen LogP contribution in [0.1, 0.15) is 40.0 Å². The Bertz CT molecular complexity index is 957. The van der Waals surface area contributed by atoms with Gasteiger partial charge in [0.15, 0.2) is 5.78 Å². The van der Waals surface area contributed by atoms with Crippen molar-refractivity contribution in [2.75, 3.05) is 33.3 Å². The molecule has 1 aliphatic heterocycles. The summed E-state index contributed by atoms with van der Waals surface area (Å²) in [5.74, 6) is -0.132. The topological polar surface area (TPSA) is 66.9 Å². The molecule has 1 saturated heterocycles. The minimum absolute atomic E-state index is 0.0120. The third kappa shape index (κ3) is 5.82. The number of hydrogen-bond donors (Lipinski definition) is 0. The first-order chi connectivity index (χ1) is 14.9. The molecule has 0 radical (unpaired) electrons. The first-order valence-electron chi connectivity index (χ1n) is 10.1. The van der Waals surface area contributed by atoms with Gasteiger partial charge in [-0.15, -0.1) is 0 Å². The van der Waals surface area contributed by atoms with E-state index in [1.165, 1.54) is 12.1 Å². The highest BCUT2D eigenvalue weighted by Gasteiger charge is 2.26. The Morgan fingerprint density at radius 2 is 1.61 bits per heavy atom. The molecule has 164 valence electrons. The van der Waals surface area contributed by atoms with E-state index < -0.39 is 5.82 Å². The number of benzene rings is 2. The van der Waals surface area contributed by atoms with Gasteiger partial charge in [-0.25, -0.2) is 4.39 Å². The number of hydrogen-bond acceptors (Lipinski definition) is 4. The van der Waals surface area contributed by atoms with E-state index >= 15 is 0 Å². The maximum absolute atomic E-state index is 13.2. The minimum Gasteiger partial charge on any atom is -0.497 e. The van der Waals surface area contributed by atoms with Gasteiger partial charge in [0.1, 0.15) is 11.6 Å².